The summed E-state index contributed by atoms with van der Waals surface area (Å²) in [4.78, 5) is 40.6. The highest BCUT2D eigenvalue weighted by Crippen LogP contribution is 2.36. The van der Waals surface area contributed by atoms with E-state index in [0.717, 1.165) is 18.5 Å². The first kappa shape index (κ1) is 21.0. The summed E-state index contributed by atoms with van der Waals surface area (Å²) in [5.41, 5.74) is 0.742. The van der Waals surface area contributed by atoms with Crippen LogP contribution in [0.2, 0.25) is 0 Å². The standard InChI is InChI=1S/C24H25FN2O4/c25-19-8-6-18(7-9-19)24(23(30)31)12-15-26(16-13-24)22(29)17-4-10-20(11-5-17)27-14-2-1-3-21(27)28/h4-11H,1-3,12-16H2,(H,30,31). The van der Waals surface area contributed by atoms with E-state index in [0.29, 0.717) is 37.2 Å². The summed E-state index contributed by atoms with van der Waals surface area (Å²) in [6.45, 7) is 1.29. The van der Waals surface area contributed by atoms with Crippen LogP contribution in [0.3, 0.4) is 0 Å². The largest absolute Gasteiger partial charge is 0.481 e. The molecule has 7 heteroatoms. The number of likely N-dealkylation sites (tertiary alicyclic amines) is 1. The number of carbonyl (C=O) groups is 3. The maximum atomic E-state index is 13.3. The quantitative estimate of drug-likeness (QED) is 0.814. The summed E-state index contributed by atoms with van der Waals surface area (Å²) < 4.78 is 13.3. The Labute approximate surface area is 180 Å². The number of benzene rings is 2. The molecule has 2 saturated heterocycles. The highest BCUT2D eigenvalue weighted by Gasteiger charge is 2.44. The SMILES string of the molecule is O=C(c1ccc(N2CCCCC2=O)cc1)N1CCC(C(=O)O)(c2ccc(F)cc2)CC1. The Hall–Kier alpha value is -3.22. The summed E-state index contributed by atoms with van der Waals surface area (Å²) in [6, 6.07) is 12.6. The number of carbonyl (C=O) groups excluding carboxylic acids is 2. The summed E-state index contributed by atoms with van der Waals surface area (Å²) in [5, 5.41) is 9.90. The summed E-state index contributed by atoms with van der Waals surface area (Å²) in [5.74, 6) is -1.42. The number of halogens is 1. The first-order valence-corrected chi connectivity index (χ1v) is 10.6. The number of carboxylic acid groups (broad SMARTS) is 1. The molecule has 6 nitrogen and oxygen atoms in total. The van der Waals surface area contributed by atoms with Gasteiger partial charge in [0.15, 0.2) is 0 Å². The summed E-state index contributed by atoms with van der Waals surface area (Å²) >= 11 is 0. The minimum Gasteiger partial charge on any atom is -0.481 e. The van der Waals surface area contributed by atoms with E-state index >= 15 is 0 Å². The number of anilines is 1. The van der Waals surface area contributed by atoms with Gasteiger partial charge in [-0.1, -0.05) is 12.1 Å². The molecule has 0 atom stereocenters. The Balaban J connectivity index is 1.45. The smallest absolute Gasteiger partial charge is 0.314 e. The fraction of sp³-hybridized carbons (Fsp3) is 0.375. The average Bonchev–Trinajstić information content (AvgIpc) is 2.79. The van der Waals surface area contributed by atoms with Gasteiger partial charge in [0.2, 0.25) is 5.91 Å². The van der Waals surface area contributed by atoms with Crippen molar-refractivity contribution in [1.82, 2.24) is 4.90 Å². The highest BCUT2D eigenvalue weighted by atomic mass is 19.1. The predicted octanol–water partition coefficient (Wildman–Crippen LogP) is 3.60. The summed E-state index contributed by atoms with van der Waals surface area (Å²) in [7, 11) is 0. The lowest BCUT2D eigenvalue weighted by Gasteiger charge is -2.39. The van der Waals surface area contributed by atoms with Crippen LogP contribution in [-0.4, -0.2) is 47.4 Å². The molecule has 2 aliphatic rings. The van der Waals surface area contributed by atoms with Crippen LogP contribution in [0, 0.1) is 5.82 Å². The Morgan fingerprint density at radius 3 is 2.13 bits per heavy atom. The van der Waals surface area contributed by atoms with E-state index in [1.54, 1.807) is 34.1 Å². The number of piperidine rings is 2. The second-order valence-corrected chi connectivity index (χ2v) is 8.24. The molecule has 2 aromatic carbocycles. The molecule has 1 N–H and O–H groups in total. The molecular weight excluding hydrogens is 399 g/mol. The van der Waals surface area contributed by atoms with Crippen LogP contribution in [-0.2, 0) is 15.0 Å². The average molecular weight is 424 g/mol. The summed E-state index contributed by atoms with van der Waals surface area (Å²) in [6.07, 6.45) is 2.96. The molecule has 0 aliphatic carbocycles. The van der Waals surface area contributed by atoms with Crippen molar-refractivity contribution in [2.24, 2.45) is 0 Å². The molecular formula is C24H25FN2O4. The van der Waals surface area contributed by atoms with E-state index in [2.05, 4.69) is 0 Å². The van der Waals surface area contributed by atoms with Gasteiger partial charge in [0.1, 0.15) is 5.82 Å². The number of rotatable bonds is 4. The van der Waals surface area contributed by atoms with Gasteiger partial charge in [0.25, 0.3) is 5.91 Å². The number of aliphatic carboxylic acids is 1. The van der Waals surface area contributed by atoms with Gasteiger partial charge in [-0.3, -0.25) is 14.4 Å². The Morgan fingerprint density at radius 2 is 1.55 bits per heavy atom. The number of amides is 2. The normalized spacial score (nSPS) is 18.7. The molecule has 0 bridgehead atoms. The van der Waals surface area contributed by atoms with Gasteiger partial charge in [0, 0.05) is 37.3 Å². The van der Waals surface area contributed by atoms with Gasteiger partial charge in [-0.25, -0.2) is 4.39 Å². The Bertz CT molecular complexity index is 980. The maximum Gasteiger partial charge on any atom is 0.314 e. The van der Waals surface area contributed by atoms with Gasteiger partial charge >= 0.3 is 5.97 Å². The molecule has 2 heterocycles. The van der Waals surface area contributed by atoms with E-state index in [1.807, 2.05) is 0 Å². The van der Waals surface area contributed by atoms with Crippen molar-refractivity contribution in [3.05, 3.63) is 65.5 Å². The van der Waals surface area contributed by atoms with Crippen LogP contribution in [0.25, 0.3) is 0 Å². The monoisotopic (exact) mass is 424 g/mol. The lowest BCUT2D eigenvalue weighted by atomic mass is 9.72. The van der Waals surface area contributed by atoms with Crippen LogP contribution in [0.5, 0.6) is 0 Å². The van der Waals surface area contributed by atoms with E-state index in [1.165, 1.54) is 24.3 Å². The van der Waals surface area contributed by atoms with Crippen molar-refractivity contribution in [3.8, 4) is 0 Å². The van der Waals surface area contributed by atoms with E-state index in [4.69, 9.17) is 0 Å². The fourth-order valence-electron chi connectivity index (χ4n) is 4.53. The van der Waals surface area contributed by atoms with E-state index in [-0.39, 0.29) is 24.7 Å². The second-order valence-electron chi connectivity index (χ2n) is 8.24. The zero-order valence-corrected chi connectivity index (χ0v) is 17.2. The second kappa shape index (κ2) is 8.49. The van der Waals surface area contributed by atoms with Gasteiger partial charge in [0.05, 0.1) is 5.41 Å². The third-order valence-electron chi connectivity index (χ3n) is 6.46. The molecule has 31 heavy (non-hydrogen) atoms. The molecule has 2 aliphatic heterocycles. The van der Waals surface area contributed by atoms with Crippen molar-refractivity contribution in [2.45, 2.75) is 37.5 Å². The Kier molecular flexibility index (Phi) is 5.76. The number of nitrogens with zero attached hydrogens (tertiary/aromatic N) is 2. The lowest BCUT2D eigenvalue weighted by Crippen LogP contribution is -2.49. The molecule has 2 aromatic rings. The van der Waals surface area contributed by atoms with Crippen LogP contribution in [0.1, 0.15) is 48.0 Å². The number of carboxylic acids is 1. The first-order valence-electron chi connectivity index (χ1n) is 10.6. The van der Waals surface area contributed by atoms with Crippen molar-refractivity contribution < 1.29 is 23.9 Å². The number of hydrogen-bond acceptors (Lipinski definition) is 3. The third kappa shape index (κ3) is 4.04. The first-order chi connectivity index (χ1) is 14.9. The lowest BCUT2D eigenvalue weighted by molar-refractivity contribution is -0.145. The van der Waals surface area contributed by atoms with Gasteiger partial charge < -0.3 is 14.9 Å². The van der Waals surface area contributed by atoms with E-state index < -0.39 is 17.2 Å². The van der Waals surface area contributed by atoms with Gasteiger partial charge in [-0.2, -0.15) is 0 Å². The molecule has 4 rings (SSSR count). The van der Waals surface area contributed by atoms with Crippen LogP contribution in [0.15, 0.2) is 48.5 Å². The third-order valence-corrected chi connectivity index (χ3v) is 6.46. The molecule has 2 amide bonds. The predicted molar refractivity (Wildman–Crippen MR) is 113 cm³/mol. The number of hydrogen-bond donors (Lipinski definition) is 1. The highest BCUT2D eigenvalue weighted by molar-refractivity contribution is 5.97. The molecule has 0 aromatic heterocycles. The van der Waals surface area contributed by atoms with Crippen molar-refractivity contribution in [2.75, 3.05) is 24.5 Å². The van der Waals surface area contributed by atoms with Crippen LogP contribution >= 0.6 is 0 Å². The topological polar surface area (TPSA) is 77.9 Å². The fourth-order valence-corrected chi connectivity index (χ4v) is 4.53. The van der Waals surface area contributed by atoms with Crippen molar-refractivity contribution in [3.63, 3.8) is 0 Å². The van der Waals surface area contributed by atoms with Crippen LogP contribution in [0.4, 0.5) is 10.1 Å². The Morgan fingerprint density at radius 1 is 0.903 bits per heavy atom. The van der Waals surface area contributed by atoms with Gasteiger partial charge in [-0.15, -0.1) is 0 Å². The molecule has 2 fully saturated rings. The minimum absolute atomic E-state index is 0.104. The van der Waals surface area contributed by atoms with E-state index in [9.17, 15) is 23.9 Å². The van der Waals surface area contributed by atoms with Crippen molar-refractivity contribution >= 4 is 23.5 Å². The molecule has 0 unspecified atom stereocenters. The maximum absolute atomic E-state index is 13.3. The zero-order valence-electron chi connectivity index (χ0n) is 17.2. The van der Waals surface area contributed by atoms with Gasteiger partial charge in [-0.05, 0) is 67.6 Å². The van der Waals surface area contributed by atoms with Crippen LogP contribution < -0.4 is 4.90 Å². The zero-order chi connectivity index (χ0) is 22.0. The molecule has 0 spiro atoms. The molecule has 0 radical (unpaired) electrons. The van der Waals surface area contributed by atoms with Crippen molar-refractivity contribution in [1.29, 1.82) is 0 Å². The minimum atomic E-state index is -1.12. The molecule has 0 saturated carbocycles. The molecule has 162 valence electrons.